The molecule has 8 N–H and O–H groups in total. The maximum Gasteiger partial charge on any atom is 0.414 e. The minimum atomic E-state index is -1.82. The molecule has 0 radical (unpaired) electrons. The summed E-state index contributed by atoms with van der Waals surface area (Å²) in [5.41, 5.74) is 3.03. The molecule has 2 aliphatic heterocycles. The average Bonchev–Trinajstić information content (AvgIpc) is 4.22. The summed E-state index contributed by atoms with van der Waals surface area (Å²) < 4.78 is 41.7. The second-order valence-corrected chi connectivity index (χ2v) is 20.1. The van der Waals surface area contributed by atoms with Crippen LogP contribution in [0.25, 0.3) is 42.2 Å². The fraction of sp³-hybridized carbons (Fsp3) is 0.346. The highest BCUT2D eigenvalue weighted by Gasteiger charge is 2.31. The number of halogens is 2. The zero-order chi connectivity index (χ0) is 53.1. The number of ether oxygens (including phenoxy) is 2. The highest BCUT2D eigenvalue weighted by Crippen LogP contribution is 2.38. The summed E-state index contributed by atoms with van der Waals surface area (Å²) in [4.78, 5) is 56.6. The van der Waals surface area contributed by atoms with E-state index in [0.29, 0.717) is 48.0 Å². The van der Waals surface area contributed by atoms with E-state index in [1.54, 1.807) is 34.8 Å². The number of piperidine rings is 2. The summed E-state index contributed by atoms with van der Waals surface area (Å²) >= 11 is 3.20. The molecular weight excluding hydrogens is 1000 g/mol. The Morgan fingerprint density at radius 3 is 1.34 bits per heavy atom. The number of fused-ring (bicyclic) bond motifs is 4. The lowest BCUT2D eigenvalue weighted by molar-refractivity contribution is -0.159. The van der Waals surface area contributed by atoms with Crippen LogP contribution in [0.2, 0.25) is 0 Å². The third-order valence-electron chi connectivity index (χ3n) is 12.7. The molecule has 6 heterocycles. The first-order valence-electron chi connectivity index (χ1n) is 23.7. The van der Waals surface area contributed by atoms with Gasteiger partial charge in [0.15, 0.2) is 0 Å². The van der Waals surface area contributed by atoms with Crippen molar-refractivity contribution in [2.45, 2.75) is 75.7 Å². The largest absolute Gasteiger partial charge is 0.490 e. The van der Waals surface area contributed by atoms with E-state index in [4.69, 9.17) is 49.1 Å². The van der Waals surface area contributed by atoms with Crippen LogP contribution in [0.3, 0.4) is 0 Å². The number of rotatable bonds is 12. The van der Waals surface area contributed by atoms with Crippen LogP contribution < -0.4 is 9.47 Å². The van der Waals surface area contributed by atoms with Crippen LogP contribution in [0.15, 0.2) is 97.3 Å². The van der Waals surface area contributed by atoms with E-state index in [9.17, 15) is 19.0 Å². The number of aliphatic hydroxyl groups is 2. The number of nitrogens with one attached hydrogen (secondary N) is 2. The number of benzene rings is 4. The average molecular weight is 1060 g/mol. The number of β-amino-alcohol motifs (C(OH)–C–C–N with tert-alkyl or cyclic N) is 2. The van der Waals surface area contributed by atoms with Crippen LogP contribution in [0.5, 0.6) is 11.5 Å². The molecule has 74 heavy (non-hydrogen) atoms. The Hall–Kier alpha value is -7.08. The van der Waals surface area contributed by atoms with Gasteiger partial charge < -0.3 is 50.1 Å². The van der Waals surface area contributed by atoms with Crippen LogP contribution in [-0.4, -0.2) is 148 Å². The first-order valence-corrected chi connectivity index (χ1v) is 25.3. The first kappa shape index (κ1) is 54.7. The van der Waals surface area contributed by atoms with Crippen molar-refractivity contribution in [3.8, 4) is 11.5 Å². The van der Waals surface area contributed by atoms with E-state index in [0.717, 1.165) is 91.5 Å². The Morgan fingerprint density at radius 1 is 0.608 bits per heavy atom. The molecule has 4 aromatic heterocycles. The zero-order valence-electron chi connectivity index (χ0n) is 40.3. The van der Waals surface area contributed by atoms with Gasteiger partial charge in [0.2, 0.25) is 0 Å². The summed E-state index contributed by atoms with van der Waals surface area (Å²) in [5.74, 6) is -5.55. The summed E-state index contributed by atoms with van der Waals surface area (Å²) in [5, 5.41) is 54.8. The molecule has 6 atom stereocenters. The fourth-order valence-electron chi connectivity index (χ4n) is 9.03. The number of carboxylic acid groups (broad SMARTS) is 4. The van der Waals surface area contributed by atoms with Crippen molar-refractivity contribution in [3.05, 3.63) is 119 Å². The van der Waals surface area contributed by atoms with Crippen LogP contribution in [0, 0.1) is 11.6 Å². The summed E-state index contributed by atoms with van der Waals surface area (Å²) in [6.45, 7) is 7.81. The van der Waals surface area contributed by atoms with Gasteiger partial charge >= 0.3 is 23.9 Å². The number of hydrogen-bond donors (Lipinski definition) is 8. The lowest BCUT2D eigenvalue weighted by Gasteiger charge is -2.38. The third-order valence-corrected chi connectivity index (χ3v) is 15.1. The maximum absolute atomic E-state index is 14.0. The van der Waals surface area contributed by atoms with Gasteiger partial charge in [0, 0.05) is 71.2 Å². The lowest BCUT2D eigenvalue weighted by Crippen LogP contribution is -2.45. The number of carbonyl (C=O) groups is 4. The van der Waals surface area contributed by atoms with E-state index in [-0.39, 0.29) is 24.8 Å². The number of aromatic nitrogens is 4. The van der Waals surface area contributed by atoms with E-state index in [1.165, 1.54) is 12.1 Å². The van der Waals surface area contributed by atoms with E-state index in [2.05, 4.69) is 43.6 Å². The van der Waals surface area contributed by atoms with Crippen molar-refractivity contribution in [2.75, 3.05) is 39.4 Å². The molecule has 8 aromatic rings. The number of H-pyrrole nitrogens is 2. The summed E-state index contributed by atoms with van der Waals surface area (Å²) in [7, 11) is 0. The number of thiazole rings is 2. The Bertz CT molecular complexity index is 2960. The summed E-state index contributed by atoms with van der Waals surface area (Å²) in [6.07, 6.45) is 6.48. The van der Waals surface area contributed by atoms with Gasteiger partial charge in [0.1, 0.15) is 59.6 Å². The standard InChI is InChI=1S/2C24H26FN3O2S.2C2H2O4/c2*1-15-12-16(24-27-23-19(25)4-2-7-22(23)31-24)9-11-28(15)13-17(29)14-30-21-6-3-5-20-18(21)8-10-26-20;2*3-1(4)2(5)6/h2*2-8,10,15-17,26,29H,9,11-14H2,1H3;2*(H,3,4)(H,5,6)/t15-,16+,17+;15-,16+,17-;;/m10../s1. The molecule has 0 aliphatic carbocycles. The van der Waals surface area contributed by atoms with Crippen LogP contribution in [0.4, 0.5) is 8.78 Å². The van der Waals surface area contributed by atoms with E-state index < -0.39 is 36.1 Å². The van der Waals surface area contributed by atoms with Crippen molar-refractivity contribution in [3.63, 3.8) is 0 Å². The highest BCUT2D eigenvalue weighted by atomic mass is 32.1. The molecule has 10 rings (SSSR count). The number of aliphatic hydroxyl groups excluding tert-OH is 2. The number of likely N-dealkylation sites (tertiary alicyclic amines) is 2. The second kappa shape index (κ2) is 25.2. The van der Waals surface area contributed by atoms with E-state index in [1.807, 2.05) is 73.1 Å². The van der Waals surface area contributed by atoms with Crippen molar-refractivity contribution in [1.82, 2.24) is 29.7 Å². The number of aliphatic carboxylic acids is 4. The number of para-hydroxylation sites is 2. The highest BCUT2D eigenvalue weighted by molar-refractivity contribution is 7.19. The number of nitrogens with zero attached hydrogens (tertiary/aromatic N) is 4. The molecule has 22 heteroatoms. The minimum Gasteiger partial charge on any atom is -0.490 e. The normalized spacial score (nSPS) is 18.8. The van der Waals surface area contributed by atoms with Crippen LogP contribution in [-0.2, 0) is 19.2 Å². The molecule has 4 aromatic carbocycles. The molecule has 0 amide bonds. The Kier molecular flexibility index (Phi) is 18.7. The van der Waals surface area contributed by atoms with Gasteiger partial charge in [-0.15, -0.1) is 22.7 Å². The van der Waals surface area contributed by atoms with Crippen LogP contribution in [0.1, 0.15) is 61.4 Å². The molecule has 0 bridgehead atoms. The van der Waals surface area contributed by atoms with Gasteiger partial charge in [-0.2, -0.15) is 0 Å². The van der Waals surface area contributed by atoms with Gasteiger partial charge in [0.25, 0.3) is 0 Å². The number of carboxylic acids is 4. The molecule has 2 fully saturated rings. The van der Waals surface area contributed by atoms with Gasteiger partial charge in [-0.3, -0.25) is 9.80 Å². The van der Waals surface area contributed by atoms with Crippen LogP contribution >= 0.6 is 22.7 Å². The number of aromatic amines is 2. The van der Waals surface area contributed by atoms with Crippen molar-refractivity contribution in [2.24, 2.45) is 0 Å². The Balaban J connectivity index is 0.000000177. The van der Waals surface area contributed by atoms with Gasteiger partial charge in [-0.1, -0.05) is 24.3 Å². The lowest BCUT2D eigenvalue weighted by atomic mass is 9.92. The van der Waals surface area contributed by atoms with Gasteiger partial charge in [-0.25, -0.2) is 37.9 Å². The Morgan fingerprint density at radius 2 is 0.986 bits per heavy atom. The second-order valence-electron chi connectivity index (χ2n) is 17.9. The first-order chi connectivity index (χ1) is 35.4. The fourth-order valence-corrected chi connectivity index (χ4v) is 11.3. The molecule has 0 unspecified atom stereocenters. The maximum atomic E-state index is 14.0. The molecular formula is C52H56F2N6O12S2. The molecule has 2 saturated heterocycles. The van der Waals surface area contributed by atoms with Crippen molar-refractivity contribution >= 4 is 88.8 Å². The Labute approximate surface area is 430 Å². The minimum absolute atomic E-state index is 0.246. The number of hydrogen-bond acceptors (Lipinski definition) is 14. The predicted molar refractivity (Wildman–Crippen MR) is 275 cm³/mol. The SMILES string of the molecule is C[C@@H]1C[C@@H](c2nc3c(F)cccc3s2)CCN1C[C@H](O)COc1cccc2[nH]ccc12.C[C@H]1C[C@H](c2nc3c(F)cccc3s2)CCN1C[C@H](O)COc1cccc2[nH]ccc12.O=C(O)C(=O)O.O=C(O)C(=O)O. The topological polar surface area (TPSA) is 272 Å². The third kappa shape index (κ3) is 14.1. The van der Waals surface area contributed by atoms with Gasteiger partial charge in [0.05, 0.1) is 19.4 Å². The smallest absolute Gasteiger partial charge is 0.414 e. The van der Waals surface area contributed by atoms with Crippen molar-refractivity contribution < 1.29 is 68.1 Å². The molecule has 18 nitrogen and oxygen atoms in total. The quantitative estimate of drug-likeness (QED) is 0.0536. The molecule has 0 spiro atoms. The van der Waals surface area contributed by atoms with Gasteiger partial charge in [-0.05, 0) is 113 Å². The molecule has 0 saturated carbocycles. The predicted octanol–water partition coefficient (Wildman–Crippen LogP) is 8.16. The zero-order valence-corrected chi connectivity index (χ0v) is 41.9. The van der Waals surface area contributed by atoms with E-state index >= 15 is 0 Å². The van der Waals surface area contributed by atoms with Crippen molar-refractivity contribution in [1.29, 1.82) is 0 Å². The molecule has 392 valence electrons. The summed E-state index contributed by atoms with van der Waals surface area (Å²) in [6, 6.07) is 26.6. The molecule has 2 aliphatic rings. The monoisotopic (exact) mass is 1060 g/mol.